The number of aromatic hydroxyl groups is 1. The van der Waals surface area contributed by atoms with Crippen LogP contribution in [0, 0.1) is 17.5 Å². The number of carbonyl (C=O) groups excluding carboxylic acids is 1. The van der Waals surface area contributed by atoms with Gasteiger partial charge in [-0.3, -0.25) is 4.79 Å². The Labute approximate surface area is 111 Å². The van der Waals surface area contributed by atoms with Gasteiger partial charge in [0.25, 0.3) is 5.91 Å². The Hall–Kier alpha value is -2.70. The van der Waals surface area contributed by atoms with E-state index in [2.05, 4.69) is 5.32 Å². The second kappa shape index (κ2) is 5.12. The standard InChI is InChI=1S/C13H9F3N2O2/c14-9-3-6(4-10(15)12(9)16)18-13(20)8-5-7(19)1-2-11(8)17/h1-5,19H,17H2,(H,18,20). The average Bonchev–Trinajstić information content (AvgIpc) is 2.38. The number of rotatable bonds is 2. The van der Waals surface area contributed by atoms with Gasteiger partial charge in [-0.05, 0) is 18.2 Å². The maximum absolute atomic E-state index is 13.0. The highest BCUT2D eigenvalue weighted by Gasteiger charge is 2.15. The molecule has 0 aliphatic carbocycles. The summed E-state index contributed by atoms with van der Waals surface area (Å²) >= 11 is 0. The first-order valence-electron chi connectivity index (χ1n) is 5.43. The number of hydrogen-bond donors (Lipinski definition) is 3. The lowest BCUT2D eigenvalue weighted by Gasteiger charge is -2.08. The van der Waals surface area contributed by atoms with E-state index in [1.165, 1.54) is 12.1 Å². The summed E-state index contributed by atoms with van der Waals surface area (Å²) in [5, 5.41) is 11.4. The number of hydrogen-bond acceptors (Lipinski definition) is 3. The molecule has 1 amide bonds. The van der Waals surface area contributed by atoms with E-state index in [4.69, 9.17) is 5.73 Å². The summed E-state index contributed by atoms with van der Waals surface area (Å²) in [5.74, 6) is -5.46. The molecule has 0 aliphatic heterocycles. The molecule has 0 saturated heterocycles. The number of halogens is 3. The van der Waals surface area contributed by atoms with E-state index in [-0.39, 0.29) is 22.7 Å². The fourth-order valence-corrected chi connectivity index (χ4v) is 1.57. The molecular formula is C13H9F3N2O2. The molecule has 2 aromatic rings. The fraction of sp³-hybridized carbons (Fsp3) is 0. The van der Waals surface area contributed by atoms with Crippen molar-refractivity contribution in [3.8, 4) is 5.75 Å². The molecule has 0 aromatic heterocycles. The molecule has 0 spiro atoms. The van der Waals surface area contributed by atoms with Gasteiger partial charge < -0.3 is 16.2 Å². The van der Waals surface area contributed by atoms with E-state index in [1.54, 1.807) is 0 Å². The van der Waals surface area contributed by atoms with Crippen LogP contribution in [0.3, 0.4) is 0 Å². The smallest absolute Gasteiger partial charge is 0.257 e. The molecule has 4 N–H and O–H groups in total. The van der Waals surface area contributed by atoms with Gasteiger partial charge in [-0.2, -0.15) is 0 Å². The minimum Gasteiger partial charge on any atom is -0.508 e. The highest BCUT2D eigenvalue weighted by Crippen LogP contribution is 2.22. The zero-order valence-corrected chi connectivity index (χ0v) is 9.95. The van der Waals surface area contributed by atoms with Gasteiger partial charge in [-0.1, -0.05) is 0 Å². The quantitative estimate of drug-likeness (QED) is 0.450. The Morgan fingerprint density at radius 3 is 2.30 bits per heavy atom. The highest BCUT2D eigenvalue weighted by atomic mass is 19.2. The summed E-state index contributed by atoms with van der Waals surface area (Å²) in [6.07, 6.45) is 0. The summed E-state index contributed by atoms with van der Waals surface area (Å²) in [6, 6.07) is 4.95. The molecule has 0 fully saturated rings. The molecule has 0 saturated carbocycles. The molecule has 0 bridgehead atoms. The highest BCUT2D eigenvalue weighted by molar-refractivity contribution is 6.08. The third-order valence-corrected chi connectivity index (χ3v) is 2.52. The number of anilines is 2. The van der Waals surface area contributed by atoms with Crippen LogP contribution in [0.4, 0.5) is 24.5 Å². The molecule has 2 aromatic carbocycles. The van der Waals surface area contributed by atoms with Crippen molar-refractivity contribution in [3.63, 3.8) is 0 Å². The predicted molar refractivity (Wildman–Crippen MR) is 66.8 cm³/mol. The number of phenolic OH excluding ortho intramolecular Hbond substituents is 1. The number of amides is 1. The largest absolute Gasteiger partial charge is 0.508 e. The average molecular weight is 282 g/mol. The minimum atomic E-state index is -1.63. The number of nitrogens with two attached hydrogens (primary N) is 1. The zero-order chi connectivity index (χ0) is 14.9. The van der Waals surface area contributed by atoms with Crippen LogP contribution < -0.4 is 11.1 Å². The first kappa shape index (κ1) is 13.7. The molecule has 0 aliphatic rings. The maximum Gasteiger partial charge on any atom is 0.257 e. The summed E-state index contributed by atoms with van der Waals surface area (Å²) < 4.78 is 38.8. The number of nitrogens with one attached hydrogen (secondary N) is 1. The van der Waals surface area contributed by atoms with Gasteiger partial charge in [0.2, 0.25) is 0 Å². The van der Waals surface area contributed by atoms with Gasteiger partial charge in [-0.25, -0.2) is 13.2 Å². The lowest BCUT2D eigenvalue weighted by atomic mass is 10.1. The fourth-order valence-electron chi connectivity index (χ4n) is 1.57. The van der Waals surface area contributed by atoms with Crippen LogP contribution >= 0.6 is 0 Å². The molecule has 0 unspecified atom stereocenters. The molecular weight excluding hydrogens is 273 g/mol. The predicted octanol–water partition coefficient (Wildman–Crippen LogP) is 2.64. The van der Waals surface area contributed by atoms with Crippen LogP contribution in [0.2, 0.25) is 0 Å². The number of nitrogen functional groups attached to an aromatic ring is 1. The van der Waals surface area contributed by atoms with E-state index >= 15 is 0 Å². The van der Waals surface area contributed by atoms with Crippen LogP contribution in [0.15, 0.2) is 30.3 Å². The van der Waals surface area contributed by atoms with Crippen LogP contribution in [0.5, 0.6) is 5.75 Å². The number of carbonyl (C=O) groups is 1. The monoisotopic (exact) mass is 282 g/mol. The van der Waals surface area contributed by atoms with E-state index in [1.807, 2.05) is 0 Å². The normalized spacial score (nSPS) is 10.3. The molecule has 104 valence electrons. The minimum absolute atomic E-state index is 0.0726. The van der Waals surface area contributed by atoms with Crippen LogP contribution in [-0.2, 0) is 0 Å². The molecule has 7 heteroatoms. The Morgan fingerprint density at radius 2 is 1.70 bits per heavy atom. The van der Waals surface area contributed by atoms with Crippen LogP contribution in [0.25, 0.3) is 0 Å². The van der Waals surface area contributed by atoms with Crippen molar-refractivity contribution in [1.29, 1.82) is 0 Å². The van der Waals surface area contributed by atoms with Gasteiger partial charge in [0.15, 0.2) is 17.5 Å². The third kappa shape index (κ3) is 2.66. The molecule has 0 atom stereocenters. The van der Waals surface area contributed by atoms with E-state index < -0.39 is 23.4 Å². The van der Waals surface area contributed by atoms with Crippen molar-refractivity contribution in [1.82, 2.24) is 0 Å². The second-order valence-electron chi connectivity index (χ2n) is 3.98. The summed E-state index contributed by atoms with van der Waals surface area (Å²) in [7, 11) is 0. The summed E-state index contributed by atoms with van der Waals surface area (Å²) in [4.78, 5) is 11.9. The van der Waals surface area contributed by atoms with Crippen molar-refractivity contribution >= 4 is 17.3 Å². The summed E-state index contributed by atoms with van der Waals surface area (Å²) in [5.41, 5.74) is 5.28. The zero-order valence-electron chi connectivity index (χ0n) is 9.95. The molecule has 0 radical (unpaired) electrons. The van der Waals surface area contributed by atoms with E-state index in [9.17, 15) is 23.1 Å². The lowest BCUT2D eigenvalue weighted by molar-refractivity contribution is 0.102. The van der Waals surface area contributed by atoms with E-state index in [0.717, 1.165) is 6.07 Å². The van der Waals surface area contributed by atoms with Gasteiger partial charge in [0, 0.05) is 23.5 Å². The maximum atomic E-state index is 13.0. The van der Waals surface area contributed by atoms with Gasteiger partial charge in [0.05, 0.1) is 5.56 Å². The Balaban J connectivity index is 2.30. The third-order valence-electron chi connectivity index (χ3n) is 2.52. The lowest BCUT2D eigenvalue weighted by Crippen LogP contribution is -2.14. The Morgan fingerprint density at radius 1 is 1.10 bits per heavy atom. The number of phenols is 1. The van der Waals surface area contributed by atoms with Crippen molar-refractivity contribution in [3.05, 3.63) is 53.3 Å². The van der Waals surface area contributed by atoms with Gasteiger partial charge in [-0.15, -0.1) is 0 Å². The second-order valence-corrected chi connectivity index (χ2v) is 3.98. The van der Waals surface area contributed by atoms with Crippen molar-refractivity contribution in [2.45, 2.75) is 0 Å². The summed E-state index contributed by atoms with van der Waals surface area (Å²) in [6.45, 7) is 0. The van der Waals surface area contributed by atoms with Crippen molar-refractivity contribution < 1.29 is 23.1 Å². The van der Waals surface area contributed by atoms with Gasteiger partial charge in [0.1, 0.15) is 5.75 Å². The first-order chi connectivity index (χ1) is 9.38. The molecule has 20 heavy (non-hydrogen) atoms. The SMILES string of the molecule is Nc1ccc(O)cc1C(=O)Nc1cc(F)c(F)c(F)c1. The van der Waals surface area contributed by atoms with Crippen molar-refractivity contribution in [2.75, 3.05) is 11.1 Å². The first-order valence-corrected chi connectivity index (χ1v) is 5.43. The molecule has 0 heterocycles. The van der Waals surface area contributed by atoms with Crippen LogP contribution in [0.1, 0.15) is 10.4 Å². The molecule has 2 rings (SSSR count). The van der Waals surface area contributed by atoms with Crippen molar-refractivity contribution in [2.24, 2.45) is 0 Å². The number of benzene rings is 2. The topological polar surface area (TPSA) is 75.3 Å². The van der Waals surface area contributed by atoms with Crippen LogP contribution in [-0.4, -0.2) is 11.0 Å². The Kier molecular flexibility index (Phi) is 3.51. The Bertz CT molecular complexity index is 666. The van der Waals surface area contributed by atoms with E-state index in [0.29, 0.717) is 12.1 Å². The van der Waals surface area contributed by atoms with Gasteiger partial charge >= 0.3 is 0 Å². The molecule has 4 nitrogen and oxygen atoms in total.